The molecule has 7 heteroatoms. The van der Waals surface area contributed by atoms with Crippen LogP contribution in [0.5, 0.6) is 0 Å². The lowest BCUT2D eigenvalue weighted by Crippen LogP contribution is -2.37. The minimum Gasteiger partial charge on any atom is -0.463 e. The zero-order valence-corrected chi connectivity index (χ0v) is 18.5. The number of esters is 1. The molecule has 0 radical (unpaired) electrons. The van der Waals surface area contributed by atoms with Gasteiger partial charge in [-0.05, 0) is 36.6 Å². The van der Waals surface area contributed by atoms with Gasteiger partial charge in [0.1, 0.15) is 5.82 Å². The van der Waals surface area contributed by atoms with Gasteiger partial charge in [-0.1, -0.05) is 38.0 Å². The molecule has 0 saturated carbocycles. The molecule has 3 rings (SSSR count). The maximum absolute atomic E-state index is 11.6. The second-order valence-electron chi connectivity index (χ2n) is 7.38. The number of anilines is 2. The molecule has 2 heterocycles. The fourth-order valence-electron chi connectivity index (χ4n) is 3.42. The Morgan fingerprint density at radius 2 is 2.10 bits per heavy atom. The van der Waals surface area contributed by atoms with Gasteiger partial charge >= 0.3 is 5.97 Å². The molecule has 1 N–H and O–H groups in total. The molecule has 1 aliphatic rings. The lowest BCUT2D eigenvalue weighted by molar-refractivity contribution is -0.137. The molecule has 0 aliphatic carbocycles. The predicted molar refractivity (Wildman–Crippen MR) is 124 cm³/mol. The van der Waals surface area contributed by atoms with Gasteiger partial charge in [-0.2, -0.15) is 4.98 Å². The SMILES string of the molecule is CCCCCNc1ncc(-c2cccc(/C=C/C(=O)OCC)c2)c(N2CCOCC2)n1. The van der Waals surface area contributed by atoms with Crippen LogP contribution >= 0.6 is 0 Å². The summed E-state index contributed by atoms with van der Waals surface area (Å²) in [6, 6.07) is 8.00. The number of hydrogen-bond acceptors (Lipinski definition) is 7. The third kappa shape index (κ3) is 6.79. The molecule has 1 aromatic carbocycles. The molecule has 7 nitrogen and oxygen atoms in total. The smallest absolute Gasteiger partial charge is 0.330 e. The number of aromatic nitrogens is 2. The largest absolute Gasteiger partial charge is 0.463 e. The number of morpholine rings is 1. The highest BCUT2D eigenvalue weighted by atomic mass is 16.5. The highest BCUT2D eigenvalue weighted by molar-refractivity contribution is 5.87. The molecule has 0 atom stereocenters. The van der Waals surface area contributed by atoms with E-state index in [1.165, 1.54) is 18.9 Å². The first-order valence-electron chi connectivity index (χ1n) is 11.1. The molecule has 1 saturated heterocycles. The molecule has 0 spiro atoms. The Morgan fingerprint density at radius 3 is 2.87 bits per heavy atom. The number of benzene rings is 1. The van der Waals surface area contributed by atoms with Crippen molar-refractivity contribution in [1.82, 2.24) is 9.97 Å². The van der Waals surface area contributed by atoms with E-state index in [-0.39, 0.29) is 5.97 Å². The lowest BCUT2D eigenvalue weighted by atomic mass is 10.0. The van der Waals surface area contributed by atoms with Gasteiger partial charge in [-0.25, -0.2) is 9.78 Å². The van der Waals surface area contributed by atoms with Crippen molar-refractivity contribution in [3.05, 3.63) is 42.1 Å². The van der Waals surface area contributed by atoms with Crippen LogP contribution in [0.4, 0.5) is 11.8 Å². The summed E-state index contributed by atoms with van der Waals surface area (Å²) in [5.74, 6) is 1.21. The molecule has 1 aromatic heterocycles. The van der Waals surface area contributed by atoms with E-state index in [9.17, 15) is 4.79 Å². The van der Waals surface area contributed by atoms with Gasteiger partial charge in [0, 0.05) is 37.5 Å². The third-order valence-electron chi connectivity index (χ3n) is 5.04. The van der Waals surface area contributed by atoms with Crippen LogP contribution < -0.4 is 10.2 Å². The fraction of sp³-hybridized carbons (Fsp3) is 0.458. The van der Waals surface area contributed by atoms with Crippen molar-refractivity contribution in [1.29, 1.82) is 0 Å². The standard InChI is InChI=1S/C24H32N4O3/c1-3-5-6-12-25-24-26-18-21(23(27-24)28-13-15-30-16-14-28)20-9-7-8-19(17-20)10-11-22(29)31-4-2/h7-11,17-18H,3-6,12-16H2,1-2H3,(H,25,26,27)/b11-10+. The van der Waals surface area contributed by atoms with E-state index < -0.39 is 0 Å². The summed E-state index contributed by atoms with van der Waals surface area (Å²) in [6.45, 7) is 8.17. The normalized spacial score (nSPS) is 14.1. The van der Waals surface area contributed by atoms with E-state index in [1.54, 1.807) is 13.0 Å². The van der Waals surface area contributed by atoms with Crippen LogP contribution in [0.3, 0.4) is 0 Å². The summed E-state index contributed by atoms with van der Waals surface area (Å²) >= 11 is 0. The summed E-state index contributed by atoms with van der Waals surface area (Å²) in [4.78, 5) is 23.3. The first-order chi connectivity index (χ1) is 15.2. The summed E-state index contributed by atoms with van der Waals surface area (Å²) in [5.41, 5.74) is 2.89. The zero-order chi connectivity index (χ0) is 21.9. The van der Waals surface area contributed by atoms with Crippen molar-refractivity contribution >= 4 is 23.8 Å². The van der Waals surface area contributed by atoms with Crippen LogP contribution in [0.1, 0.15) is 38.7 Å². The Kier molecular flexibility index (Phi) is 8.84. The van der Waals surface area contributed by atoms with Gasteiger partial charge in [-0.15, -0.1) is 0 Å². The minimum absolute atomic E-state index is 0.344. The van der Waals surface area contributed by atoms with Crippen molar-refractivity contribution in [2.75, 3.05) is 49.7 Å². The number of ether oxygens (including phenoxy) is 2. The van der Waals surface area contributed by atoms with Crippen LogP contribution in [0, 0.1) is 0 Å². The number of rotatable bonds is 10. The zero-order valence-electron chi connectivity index (χ0n) is 18.5. The van der Waals surface area contributed by atoms with Crippen LogP contribution in [-0.4, -0.2) is 55.4 Å². The summed E-state index contributed by atoms with van der Waals surface area (Å²) in [6.07, 6.45) is 8.57. The van der Waals surface area contributed by atoms with Crippen molar-refractivity contribution in [3.63, 3.8) is 0 Å². The lowest BCUT2D eigenvalue weighted by Gasteiger charge is -2.29. The molecule has 0 bridgehead atoms. The Labute approximate surface area is 184 Å². The van der Waals surface area contributed by atoms with E-state index in [2.05, 4.69) is 22.1 Å². The van der Waals surface area contributed by atoms with Crippen molar-refractivity contribution in [2.24, 2.45) is 0 Å². The summed E-state index contributed by atoms with van der Waals surface area (Å²) < 4.78 is 10.5. The number of nitrogens with zero attached hydrogens (tertiary/aromatic N) is 3. The van der Waals surface area contributed by atoms with Gasteiger partial charge in [0.2, 0.25) is 5.95 Å². The van der Waals surface area contributed by atoms with E-state index in [4.69, 9.17) is 14.5 Å². The van der Waals surface area contributed by atoms with Gasteiger partial charge in [0.15, 0.2) is 0 Å². The molecule has 2 aromatic rings. The second-order valence-corrected chi connectivity index (χ2v) is 7.38. The van der Waals surface area contributed by atoms with E-state index in [1.807, 2.05) is 30.5 Å². The predicted octanol–water partition coefficient (Wildman–Crippen LogP) is 4.16. The van der Waals surface area contributed by atoms with Gasteiger partial charge < -0.3 is 19.7 Å². The van der Waals surface area contributed by atoms with Crippen molar-refractivity contribution in [3.8, 4) is 11.1 Å². The maximum Gasteiger partial charge on any atom is 0.330 e. The Balaban J connectivity index is 1.86. The van der Waals surface area contributed by atoms with Gasteiger partial charge in [0.05, 0.1) is 19.8 Å². The molecule has 0 unspecified atom stereocenters. The number of hydrogen-bond donors (Lipinski definition) is 1. The van der Waals surface area contributed by atoms with Crippen LogP contribution in [0.25, 0.3) is 17.2 Å². The highest BCUT2D eigenvalue weighted by Crippen LogP contribution is 2.31. The average molecular weight is 425 g/mol. The number of nitrogens with one attached hydrogen (secondary N) is 1. The van der Waals surface area contributed by atoms with Crippen molar-refractivity contribution in [2.45, 2.75) is 33.1 Å². The van der Waals surface area contributed by atoms with Crippen LogP contribution in [0.2, 0.25) is 0 Å². The topological polar surface area (TPSA) is 76.6 Å². The molecule has 1 fully saturated rings. The van der Waals surface area contributed by atoms with Gasteiger partial charge in [0.25, 0.3) is 0 Å². The fourth-order valence-corrected chi connectivity index (χ4v) is 3.42. The number of carbonyl (C=O) groups is 1. The monoisotopic (exact) mass is 424 g/mol. The number of carbonyl (C=O) groups excluding carboxylic acids is 1. The summed E-state index contributed by atoms with van der Waals surface area (Å²) in [7, 11) is 0. The quantitative estimate of drug-likeness (QED) is 0.349. The first-order valence-corrected chi connectivity index (χ1v) is 11.1. The minimum atomic E-state index is -0.344. The Bertz CT molecular complexity index is 879. The first kappa shape index (κ1) is 22.7. The van der Waals surface area contributed by atoms with Gasteiger partial charge in [-0.3, -0.25) is 0 Å². The van der Waals surface area contributed by atoms with E-state index >= 15 is 0 Å². The third-order valence-corrected chi connectivity index (χ3v) is 5.04. The summed E-state index contributed by atoms with van der Waals surface area (Å²) in [5, 5.41) is 3.35. The molecule has 166 valence electrons. The number of unbranched alkanes of at least 4 members (excludes halogenated alkanes) is 2. The average Bonchev–Trinajstić information content (AvgIpc) is 2.81. The van der Waals surface area contributed by atoms with Crippen molar-refractivity contribution < 1.29 is 14.3 Å². The van der Waals surface area contributed by atoms with Crippen LogP contribution in [-0.2, 0) is 14.3 Å². The molecule has 31 heavy (non-hydrogen) atoms. The Morgan fingerprint density at radius 1 is 1.26 bits per heavy atom. The Hall–Kier alpha value is -2.93. The molecular weight excluding hydrogens is 392 g/mol. The van der Waals surface area contributed by atoms with Crippen LogP contribution in [0.15, 0.2) is 36.5 Å². The maximum atomic E-state index is 11.6. The highest BCUT2D eigenvalue weighted by Gasteiger charge is 2.19. The molecule has 1 aliphatic heterocycles. The molecule has 0 amide bonds. The van der Waals surface area contributed by atoms with E-state index in [0.717, 1.165) is 48.6 Å². The second kappa shape index (κ2) is 12.1. The van der Waals surface area contributed by atoms with E-state index in [0.29, 0.717) is 25.8 Å². The molecular formula is C24H32N4O3.